The summed E-state index contributed by atoms with van der Waals surface area (Å²) in [6, 6.07) is 6.56. The van der Waals surface area contributed by atoms with Crippen molar-refractivity contribution >= 4 is 5.78 Å². The smallest absolute Gasteiger partial charge is 0.141 e. The zero-order chi connectivity index (χ0) is 13.0. The van der Waals surface area contributed by atoms with Crippen LogP contribution in [0.25, 0.3) is 0 Å². The predicted molar refractivity (Wildman–Crippen MR) is 70.1 cm³/mol. The topological polar surface area (TPSA) is 29.1 Å². The molecule has 3 heteroatoms. The minimum Gasteiger partial charge on any atom is -0.313 e. The van der Waals surface area contributed by atoms with Crippen molar-refractivity contribution in [1.82, 2.24) is 5.32 Å². The Balaban J connectivity index is 2.23. The molecule has 2 nitrogen and oxygen atoms in total. The molecule has 2 rings (SSSR count). The van der Waals surface area contributed by atoms with Crippen molar-refractivity contribution in [2.75, 3.05) is 6.54 Å². The molecular weight excluding hydrogens is 228 g/mol. The van der Waals surface area contributed by atoms with Gasteiger partial charge in [-0.1, -0.05) is 25.5 Å². The van der Waals surface area contributed by atoms with Gasteiger partial charge >= 0.3 is 0 Å². The Morgan fingerprint density at radius 1 is 1.39 bits per heavy atom. The Kier molecular flexibility index (Phi) is 4.48. The van der Waals surface area contributed by atoms with Crippen LogP contribution in [0, 0.1) is 5.82 Å². The summed E-state index contributed by atoms with van der Waals surface area (Å²) in [5.41, 5.74) is 0.933. The minimum absolute atomic E-state index is 0.129. The third kappa shape index (κ3) is 2.96. The largest absolute Gasteiger partial charge is 0.313 e. The van der Waals surface area contributed by atoms with Crippen LogP contribution in [0.5, 0.6) is 0 Å². The van der Waals surface area contributed by atoms with E-state index in [0.29, 0.717) is 6.42 Å². The molecule has 1 aliphatic rings. The zero-order valence-corrected chi connectivity index (χ0v) is 10.8. The molecule has 1 N–H and O–H groups in total. The molecule has 2 unspecified atom stereocenters. The second kappa shape index (κ2) is 6.10. The molecule has 18 heavy (non-hydrogen) atoms. The zero-order valence-electron chi connectivity index (χ0n) is 10.8. The van der Waals surface area contributed by atoms with E-state index in [2.05, 4.69) is 5.32 Å². The fourth-order valence-corrected chi connectivity index (χ4v) is 2.70. The van der Waals surface area contributed by atoms with Crippen LogP contribution in [0.1, 0.15) is 44.1 Å². The fourth-order valence-electron chi connectivity index (χ4n) is 2.70. The van der Waals surface area contributed by atoms with E-state index in [-0.39, 0.29) is 23.6 Å². The quantitative estimate of drug-likeness (QED) is 0.887. The number of benzene rings is 1. The third-order valence-electron chi connectivity index (χ3n) is 3.68. The van der Waals surface area contributed by atoms with Gasteiger partial charge in [-0.05, 0) is 37.1 Å². The van der Waals surface area contributed by atoms with E-state index in [4.69, 9.17) is 0 Å². The van der Waals surface area contributed by atoms with Gasteiger partial charge in [0.05, 0.1) is 5.92 Å². The Morgan fingerprint density at radius 3 is 2.67 bits per heavy atom. The van der Waals surface area contributed by atoms with Gasteiger partial charge in [-0.25, -0.2) is 4.39 Å². The van der Waals surface area contributed by atoms with Crippen LogP contribution in [-0.4, -0.2) is 18.4 Å². The molecule has 0 aliphatic carbocycles. The summed E-state index contributed by atoms with van der Waals surface area (Å²) in [5, 5.41) is 3.43. The van der Waals surface area contributed by atoms with Gasteiger partial charge in [0, 0.05) is 12.5 Å². The molecule has 0 bridgehead atoms. The molecule has 1 saturated heterocycles. The number of hydrogen-bond acceptors (Lipinski definition) is 2. The van der Waals surface area contributed by atoms with Crippen LogP contribution in [-0.2, 0) is 4.79 Å². The van der Waals surface area contributed by atoms with Crippen LogP contribution >= 0.6 is 0 Å². The van der Waals surface area contributed by atoms with Crippen LogP contribution in [0.15, 0.2) is 24.3 Å². The molecule has 0 aromatic heterocycles. The lowest BCUT2D eigenvalue weighted by atomic mass is 9.83. The summed E-state index contributed by atoms with van der Waals surface area (Å²) in [6.45, 7) is 2.86. The summed E-state index contributed by atoms with van der Waals surface area (Å²) < 4.78 is 13.0. The molecule has 0 amide bonds. The van der Waals surface area contributed by atoms with Crippen molar-refractivity contribution in [3.8, 4) is 0 Å². The van der Waals surface area contributed by atoms with Gasteiger partial charge in [0.15, 0.2) is 0 Å². The first-order valence-corrected chi connectivity index (χ1v) is 6.74. The Hall–Kier alpha value is -1.22. The maximum absolute atomic E-state index is 13.0. The molecular formula is C15H20FNO. The molecule has 98 valence electrons. The number of Topliss-reactive ketones (excluding diaryl/α,β-unsaturated/α-hetero) is 1. The Morgan fingerprint density at radius 2 is 2.11 bits per heavy atom. The molecule has 1 aliphatic heterocycles. The van der Waals surface area contributed by atoms with Crippen molar-refractivity contribution in [2.24, 2.45) is 0 Å². The van der Waals surface area contributed by atoms with Crippen molar-refractivity contribution < 1.29 is 9.18 Å². The van der Waals surface area contributed by atoms with E-state index in [1.807, 2.05) is 6.92 Å². The van der Waals surface area contributed by atoms with E-state index in [1.165, 1.54) is 18.6 Å². The van der Waals surface area contributed by atoms with Gasteiger partial charge in [0.1, 0.15) is 11.6 Å². The molecule has 0 spiro atoms. The average molecular weight is 248 g/mol. The van der Waals surface area contributed by atoms with E-state index in [9.17, 15) is 9.18 Å². The highest BCUT2D eigenvalue weighted by molar-refractivity contribution is 5.86. The summed E-state index contributed by atoms with van der Waals surface area (Å²) in [4.78, 5) is 12.2. The van der Waals surface area contributed by atoms with Gasteiger partial charge in [-0.2, -0.15) is 0 Å². The van der Waals surface area contributed by atoms with Gasteiger partial charge in [0.25, 0.3) is 0 Å². The third-order valence-corrected chi connectivity index (χ3v) is 3.68. The van der Waals surface area contributed by atoms with Gasteiger partial charge in [-0.3, -0.25) is 4.79 Å². The number of ketones is 1. The summed E-state index contributed by atoms with van der Waals surface area (Å²) in [7, 11) is 0. The minimum atomic E-state index is -0.252. The number of piperidine rings is 1. The molecule has 1 fully saturated rings. The number of rotatable bonds is 4. The SMILES string of the molecule is CCC(=O)C(c1ccc([18F])cc1)C1CCCCN1. The van der Waals surface area contributed by atoms with Gasteiger partial charge < -0.3 is 5.32 Å². The van der Waals surface area contributed by atoms with E-state index in [1.54, 1.807) is 12.1 Å². The summed E-state index contributed by atoms with van der Waals surface area (Å²) in [5.74, 6) is -0.144. The first-order chi connectivity index (χ1) is 8.72. The van der Waals surface area contributed by atoms with Crippen LogP contribution in [0.3, 0.4) is 0 Å². The van der Waals surface area contributed by atoms with Gasteiger partial charge in [-0.15, -0.1) is 0 Å². The Labute approximate surface area is 108 Å². The Bertz CT molecular complexity index is 395. The van der Waals surface area contributed by atoms with Crippen molar-refractivity contribution in [3.63, 3.8) is 0 Å². The van der Waals surface area contributed by atoms with Crippen molar-refractivity contribution in [2.45, 2.75) is 44.6 Å². The predicted octanol–water partition coefficient (Wildman–Crippen LogP) is 3.03. The first kappa shape index (κ1) is 13.2. The average Bonchev–Trinajstić information content (AvgIpc) is 2.42. The standard InChI is InChI=1S/C15H20FNO/c1-2-14(18)15(13-5-3-4-10-17-13)11-6-8-12(16)9-7-11/h6-9,13,15,17H,2-5,10H2,1H3/i16-1. The highest BCUT2D eigenvalue weighted by atomic mass is 18.2. The number of halogens is 1. The number of carbonyl (C=O) groups is 1. The fraction of sp³-hybridized carbons (Fsp3) is 0.533. The molecule has 2 atom stereocenters. The maximum Gasteiger partial charge on any atom is 0.141 e. The molecule has 0 radical (unpaired) electrons. The van der Waals surface area contributed by atoms with Crippen molar-refractivity contribution in [3.05, 3.63) is 35.6 Å². The number of nitrogens with one attached hydrogen (secondary N) is 1. The first-order valence-electron chi connectivity index (χ1n) is 6.74. The second-order valence-electron chi connectivity index (χ2n) is 4.91. The van der Waals surface area contributed by atoms with E-state index >= 15 is 0 Å². The van der Waals surface area contributed by atoms with Crippen LogP contribution in [0.4, 0.5) is 4.39 Å². The summed E-state index contributed by atoms with van der Waals surface area (Å²) >= 11 is 0. The number of hydrogen-bond donors (Lipinski definition) is 1. The van der Waals surface area contributed by atoms with E-state index < -0.39 is 0 Å². The van der Waals surface area contributed by atoms with Crippen molar-refractivity contribution in [1.29, 1.82) is 0 Å². The molecule has 0 saturated carbocycles. The maximum atomic E-state index is 13.0. The normalized spacial score (nSPS) is 21.6. The van der Waals surface area contributed by atoms with Gasteiger partial charge in [0.2, 0.25) is 0 Å². The van der Waals surface area contributed by atoms with E-state index in [0.717, 1.165) is 24.9 Å². The van der Waals surface area contributed by atoms with Crippen LogP contribution < -0.4 is 5.32 Å². The lowest BCUT2D eigenvalue weighted by Crippen LogP contribution is -2.41. The monoisotopic (exact) mass is 248 g/mol. The second-order valence-corrected chi connectivity index (χ2v) is 4.91. The summed E-state index contributed by atoms with van der Waals surface area (Å²) in [6.07, 6.45) is 3.88. The molecule has 1 aromatic rings. The highest BCUT2D eigenvalue weighted by Gasteiger charge is 2.29. The lowest BCUT2D eigenvalue weighted by Gasteiger charge is -2.30. The lowest BCUT2D eigenvalue weighted by molar-refractivity contribution is -0.121. The molecule has 1 heterocycles. The highest BCUT2D eigenvalue weighted by Crippen LogP contribution is 2.27. The number of carbonyl (C=O) groups excluding carboxylic acids is 1. The molecule has 1 aromatic carbocycles. The van der Waals surface area contributed by atoms with Crippen LogP contribution in [0.2, 0.25) is 0 Å².